The van der Waals surface area contributed by atoms with Gasteiger partial charge in [-0.15, -0.1) is 0 Å². The van der Waals surface area contributed by atoms with Crippen LogP contribution in [0.25, 0.3) is 0 Å². The Kier molecular flexibility index (Phi) is 4.81. The van der Waals surface area contributed by atoms with E-state index in [1.165, 1.54) is 0 Å². The van der Waals surface area contributed by atoms with E-state index in [1.54, 1.807) is 43.1 Å². The van der Waals surface area contributed by atoms with Crippen molar-refractivity contribution in [3.05, 3.63) is 69.7 Å². The van der Waals surface area contributed by atoms with Crippen LogP contribution in [0.15, 0.2) is 52.4 Å². The third kappa shape index (κ3) is 3.14. The molecule has 4 rings (SSSR count). The Balaban J connectivity index is 1.93. The van der Waals surface area contributed by atoms with Crippen LogP contribution in [0.5, 0.6) is 11.5 Å². The van der Waals surface area contributed by atoms with Gasteiger partial charge >= 0.3 is 0 Å². The Morgan fingerprint density at radius 2 is 2.07 bits per heavy atom. The fourth-order valence-electron chi connectivity index (χ4n) is 4.00. The Morgan fingerprint density at radius 1 is 1.25 bits per heavy atom. The molecule has 0 bridgehead atoms. The van der Waals surface area contributed by atoms with Crippen molar-refractivity contribution in [1.29, 1.82) is 0 Å². The predicted octanol–water partition coefficient (Wildman–Crippen LogP) is 2.42. The minimum absolute atomic E-state index is 0.0639. The highest BCUT2D eigenvalue weighted by atomic mass is 16.5. The van der Waals surface area contributed by atoms with Crippen LogP contribution in [-0.4, -0.2) is 41.2 Å². The largest absolute Gasteiger partial charge is 0.493 e. The molecule has 28 heavy (non-hydrogen) atoms. The van der Waals surface area contributed by atoms with Gasteiger partial charge in [-0.05, 0) is 37.1 Å². The normalized spacial score (nSPS) is 22.9. The second-order valence-electron chi connectivity index (χ2n) is 7.15. The minimum atomic E-state index is -0.485. The van der Waals surface area contributed by atoms with E-state index < -0.39 is 6.10 Å². The minimum Gasteiger partial charge on any atom is -0.493 e. The van der Waals surface area contributed by atoms with Crippen LogP contribution in [0, 0.1) is 0 Å². The van der Waals surface area contributed by atoms with E-state index in [2.05, 4.69) is 0 Å². The lowest BCUT2D eigenvalue weighted by Crippen LogP contribution is -2.31. The van der Waals surface area contributed by atoms with Gasteiger partial charge in [0.2, 0.25) is 5.56 Å². The van der Waals surface area contributed by atoms with Gasteiger partial charge in [-0.25, -0.2) is 0 Å². The number of fused-ring (bicyclic) bond motifs is 3. The maximum absolute atomic E-state index is 11.8. The van der Waals surface area contributed by atoms with Crippen LogP contribution in [0.1, 0.15) is 36.0 Å². The fraction of sp³-hybridized carbons (Fsp3) is 0.364. The Labute approximate surface area is 163 Å². The number of hydrogen-bond acceptors (Lipinski definition) is 5. The summed E-state index contributed by atoms with van der Waals surface area (Å²) in [6.45, 7) is 2.47. The monoisotopic (exact) mass is 380 g/mol. The molecule has 2 aliphatic rings. The molecule has 0 saturated carbocycles. The number of hydrogen-bond donors (Lipinski definition) is 1. The molecule has 0 fully saturated rings. The van der Waals surface area contributed by atoms with Gasteiger partial charge in [0.15, 0.2) is 11.5 Å². The molecule has 2 heterocycles. The molecule has 0 spiro atoms. The number of rotatable bonds is 4. The lowest BCUT2D eigenvalue weighted by molar-refractivity contribution is 0.190. The first-order chi connectivity index (χ1) is 13.5. The molecule has 1 aromatic carbocycles. The van der Waals surface area contributed by atoms with E-state index >= 15 is 0 Å². The van der Waals surface area contributed by atoms with E-state index in [9.17, 15) is 9.90 Å². The molecule has 1 aliphatic carbocycles. The Hall–Kier alpha value is -2.86. The summed E-state index contributed by atoms with van der Waals surface area (Å²) in [4.78, 5) is 16.8. The average molecular weight is 380 g/mol. The van der Waals surface area contributed by atoms with Gasteiger partial charge in [-0.1, -0.05) is 12.2 Å². The molecule has 0 radical (unpaired) electrons. The number of pyridine rings is 1. The summed E-state index contributed by atoms with van der Waals surface area (Å²) in [6.07, 6.45) is 5.70. The third-order valence-corrected chi connectivity index (χ3v) is 5.37. The number of benzene rings is 1. The van der Waals surface area contributed by atoms with Crippen molar-refractivity contribution < 1.29 is 14.6 Å². The summed E-state index contributed by atoms with van der Waals surface area (Å²) < 4.78 is 12.9. The van der Waals surface area contributed by atoms with Gasteiger partial charge in [0, 0.05) is 36.4 Å². The highest BCUT2D eigenvalue weighted by molar-refractivity contribution is 6.15. The van der Waals surface area contributed by atoms with Crippen molar-refractivity contribution >= 4 is 5.71 Å². The molecule has 0 saturated heterocycles. The zero-order valence-corrected chi connectivity index (χ0v) is 16.3. The van der Waals surface area contributed by atoms with Gasteiger partial charge in [-0.3, -0.25) is 9.79 Å². The van der Waals surface area contributed by atoms with Gasteiger partial charge in [0.05, 0.1) is 31.6 Å². The molecular weight excluding hydrogens is 356 g/mol. The number of nitrogens with zero attached hydrogens (tertiary/aromatic N) is 2. The summed E-state index contributed by atoms with van der Waals surface area (Å²) in [5.74, 6) is 1.40. The first-order valence-electron chi connectivity index (χ1n) is 9.48. The van der Waals surface area contributed by atoms with Gasteiger partial charge in [-0.2, -0.15) is 0 Å². The van der Waals surface area contributed by atoms with Crippen LogP contribution < -0.4 is 15.0 Å². The predicted molar refractivity (Wildman–Crippen MR) is 108 cm³/mol. The van der Waals surface area contributed by atoms with E-state index in [1.807, 2.05) is 25.1 Å². The SMILES string of the molecule is CCOc1cc2c(cc1OC)C(c1ccc(=O)n(C)c1)=N[C@@H]1C=C[C@H](O)C[C@H]21. The lowest BCUT2D eigenvalue weighted by atomic mass is 9.77. The summed E-state index contributed by atoms with van der Waals surface area (Å²) in [6, 6.07) is 7.25. The van der Waals surface area contributed by atoms with Crippen molar-refractivity contribution in [2.24, 2.45) is 12.0 Å². The zero-order chi connectivity index (χ0) is 19.8. The quantitative estimate of drug-likeness (QED) is 0.827. The van der Waals surface area contributed by atoms with Gasteiger partial charge in [0.1, 0.15) is 0 Å². The highest BCUT2D eigenvalue weighted by Gasteiger charge is 2.35. The van der Waals surface area contributed by atoms with E-state index in [0.717, 1.165) is 22.4 Å². The van der Waals surface area contributed by atoms with Crippen molar-refractivity contribution in [2.75, 3.05) is 13.7 Å². The molecule has 1 aromatic heterocycles. The van der Waals surface area contributed by atoms with Crippen molar-refractivity contribution in [1.82, 2.24) is 4.57 Å². The lowest BCUT2D eigenvalue weighted by Gasteiger charge is -2.34. The van der Waals surface area contributed by atoms with Crippen molar-refractivity contribution in [3.63, 3.8) is 0 Å². The van der Waals surface area contributed by atoms with Crippen molar-refractivity contribution in [2.45, 2.75) is 31.4 Å². The van der Waals surface area contributed by atoms with E-state index in [0.29, 0.717) is 24.5 Å². The van der Waals surface area contributed by atoms with Crippen molar-refractivity contribution in [3.8, 4) is 11.5 Å². The Morgan fingerprint density at radius 3 is 2.79 bits per heavy atom. The zero-order valence-electron chi connectivity index (χ0n) is 16.3. The number of aliphatic hydroxyl groups excluding tert-OH is 1. The molecule has 2 aromatic rings. The summed E-state index contributed by atoms with van der Waals surface area (Å²) in [5, 5.41) is 10.2. The van der Waals surface area contributed by atoms with Crippen LogP contribution >= 0.6 is 0 Å². The molecule has 0 amide bonds. The number of ether oxygens (including phenoxy) is 2. The van der Waals surface area contributed by atoms with Crippen LogP contribution in [0.2, 0.25) is 0 Å². The molecule has 1 N–H and O–H groups in total. The first kappa shape index (κ1) is 18.5. The molecule has 0 unspecified atom stereocenters. The Bertz CT molecular complexity index is 1020. The first-order valence-corrected chi connectivity index (χ1v) is 9.48. The van der Waals surface area contributed by atoms with E-state index in [4.69, 9.17) is 14.5 Å². The number of aliphatic hydroxyl groups is 1. The maximum atomic E-state index is 11.8. The molecule has 3 atom stereocenters. The number of aromatic nitrogens is 1. The summed E-state index contributed by atoms with van der Waals surface area (Å²) in [5.41, 5.74) is 3.64. The van der Waals surface area contributed by atoms with Gasteiger partial charge in [0.25, 0.3) is 0 Å². The molecule has 6 nitrogen and oxygen atoms in total. The molecular formula is C22H24N2O4. The molecule has 6 heteroatoms. The van der Waals surface area contributed by atoms with Crippen LogP contribution in [0.3, 0.4) is 0 Å². The number of aryl methyl sites for hydroxylation is 1. The summed E-state index contributed by atoms with van der Waals surface area (Å²) in [7, 11) is 3.35. The maximum Gasteiger partial charge on any atom is 0.250 e. The average Bonchev–Trinajstić information content (AvgIpc) is 2.69. The molecule has 146 valence electrons. The topological polar surface area (TPSA) is 73.0 Å². The standard InChI is InChI=1S/C22H24N2O4/c1-4-28-20-10-15-16-9-14(25)6-7-18(16)23-22(17(15)11-19(20)27-3)13-5-8-21(26)24(2)12-13/h5-8,10-12,14,16,18,25H,4,9H2,1-3H3/t14-,16+,18+/m0/s1. The second-order valence-corrected chi connectivity index (χ2v) is 7.15. The smallest absolute Gasteiger partial charge is 0.250 e. The van der Waals surface area contributed by atoms with Crippen LogP contribution in [0.4, 0.5) is 0 Å². The summed E-state index contributed by atoms with van der Waals surface area (Å²) >= 11 is 0. The third-order valence-electron chi connectivity index (χ3n) is 5.37. The fourth-order valence-corrected chi connectivity index (χ4v) is 4.00. The van der Waals surface area contributed by atoms with E-state index in [-0.39, 0.29) is 17.5 Å². The second kappa shape index (κ2) is 7.28. The number of aliphatic imine (C=N–C) groups is 1. The highest BCUT2D eigenvalue weighted by Crippen LogP contribution is 2.43. The van der Waals surface area contributed by atoms with Gasteiger partial charge < -0.3 is 19.1 Å². The van der Waals surface area contributed by atoms with Crippen LogP contribution in [-0.2, 0) is 7.05 Å². The molecule has 1 aliphatic heterocycles. The number of methoxy groups -OCH3 is 1.